The van der Waals surface area contributed by atoms with Crippen LogP contribution in [0.1, 0.15) is 17.3 Å². The van der Waals surface area contributed by atoms with Crippen LogP contribution in [0.2, 0.25) is 0 Å². The van der Waals surface area contributed by atoms with E-state index in [0.717, 1.165) is 18.2 Å². The summed E-state index contributed by atoms with van der Waals surface area (Å²) in [6.07, 6.45) is 0.301. The minimum absolute atomic E-state index is 0.161. The maximum absolute atomic E-state index is 11.5. The normalized spacial score (nSPS) is 11.1. The van der Waals surface area contributed by atoms with Gasteiger partial charge in [-0.3, -0.25) is 14.9 Å². The van der Waals surface area contributed by atoms with Crippen LogP contribution in [0.25, 0.3) is 0 Å². The highest BCUT2D eigenvalue weighted by Crippen LogP contribution is 2.21. The van der Waals surface area contributed by atoms with Crippen molar-refractivity contribution in [2.24, 2.45) is 0 Å². The lowest BCUT2D eigenvalue weighted by molar-refractivity contribution is -0.384. The number of rotatable bonds is 4. The number of carbonyl (C=O) groups excluding carboxylic acids is 1. The van der Waals surface area contributed by atoms with E-state index in [4.69, 9.17) is 0 Å². The molecule has 0 aromatic heterocycles. The lowest BCUT2D eigenvalue weighted by Gasteiger charge is -2.03. The van der Waals surface area contributed by atoms with Crippen molar-refractivity contribution in [3.63, 3.8) is 0 Å². The fourth-order valence-corrected chi connectivity index (χ4v) is 2.23. The molecule has 0 N–H and O–H groups in total. The van der Waals surface area contributed by atoms with Gasteiger partial charge in [-0.15, -0.1) is 0 Å². The van der Waals surface area contributed by atoms with Crippen molar-refractivity contribution in [1.82, 2.24) is 0 Å². The van der Waals surface area contributed by atoms with Crippen molar-refractivity contribution < 1.29 is 18.1 Å². The number of sulfone groups is 1. The van der Waals surface area contributed by atoms with E-state index in [1.165, 1.54) is 6.92 Å². The molecule has 0 heterocycles. The number of benzene rings is 1. The topological polar surface area (TPSA) is 94.3 Å². The summed E-state index contributed by atoms with van der Waals surface area (Å²) in [5.41, 5.74) is -0.492. The SMILES string of the molecule is CCS(=O)(=O)c1ccc([N+](=O)[O-])cc1C=O. The predicted octanol–water partition coefficient (Wildman–Crippen LogP) is 1.20. The van der Waals surface area contributed by atoms with Gasteiger partial charge >= 0.3 is 0 Å². The maximum Gasteiger partial charge on any atom is 0.270 e. The van der Waals surface area contributed by atoms with Crippen molar-refractivity contribution in [1.29, 1.82) is 0 Å². The van der Waals surface area contributed by atoms with Gasteiger partial charge in [-0.2, -0.15) is 0 Å². The Hall–Kier alpha value is -1.76. The van der Waals surface area contributed by atoms with Gasteiger partial charge in [-0.05, 0) is 6.07 Å². The number of nitro benzene ring substituents is 1. The number of non-ortho nitro benzene ring substituents is 1. The number of carbonyl (C=O) groups is 1. The van der Waals surface area contributed by atoms with E-state index < -0.39 is 14.8 Å². The summed E-state index contributed by atoms with van der Waals surface area (Å²) in [6, 6.07) is 3.10. The highest BCUT2D eigenvalue weighted by Gasteiger charge is 2.19. The van der Waals surface area contributed by atoms with E-state index in [1.54, 1.807) is 0 Å². The largest absolute Gasteiger partial charge is 0.298 e. The third-order valence-electron chi connectivity index (χ3n) is 2.05. The number of hydrogen-bond donors (Lipinski definition) is 0. The van der Waals surface area contributed by atoms with E-state index in [1.807, 2.05) is 0 Å². The zero-order valence-electron chi connectivity index (χ0n) is 8.41. The second-order valence-corrected chi connectivity index (χ2v) is 5.25. The first kappa shape index (κ1) is 12.3. The summed E-state index contributed by atoms with van der Waals surface area (Å²) in [5, 5.41) is 10.4. The van der Waals surface area contributed by atoms with Crippen molar-refractivity contribution in [3.05, 3.63) is 33.9 Å². The Bertz CT molecular complexity index is 535. The molecule has 6 nitrogen and oxygen atoms in total. The molecular formula is C9H9NO5S. The Kier molecular flexibility index (Phi) is 3.38. The Morgan fingerprint density at radius 1 is 1.44 bits per heavy atom. The summed E-state index contributed by atoms with van der Waals surface area (Å²) >= 11 is 0. The molecular weight excluding hydrogens is 234 g/mol. The van der Waals surface area contributed by atoms with Crippen LogP contribution in [0, 0.1) is 10.1 Å². The standard InChI is InChI=1S/C9H9NO5S/c1-2-16(14,15)9-4-3-8(10(12)13)5-7(9)6-11/h3-6H,2H2,1H3. The smallest absolute Gasteiger partial charge is 0.270 e. The Balaban J connectivity index is 3.45. The molecule has 7 heteroatoms. The van der Waals surface area contributed by atoms with Gasteiger partial charge in [0.25, 0.3) is 5.69 Å². The molecule has 0 saturated heterocycles. The molecule has 0 atom stereocenters. The summed E-state index contributed by atoms with van der Waals surface area (Å²) < 4.78 is 23.1. The second kappa shape index (κ2) is 4.40. The number of hydrogen-bond acceptors (Lipinski definition) is 5. The van der Waals surface area contributed by atoms with Gasteiger partial charge in [-0.25, -0.2) is 8.42 Å². The monoisotopic (exact) mass is 243 g/mol. The Labute approximate surface area is 92.0 Å². The fourth-order valence-electron chi connectivity index (χ4n) is 1.18. The molecule has 0 amide bonds. The molecule has 0 aliphatic heterocycles. The van der Waals surface area contributed by atoms with E-state index >= 15 is 0 Å². The molecule has 1 rings (SSSR count). The third-order valence-corrected chi connectivity index (χ3v) is 3.85. The molecule has 1 aromatic rings. The lowest BCUT2D eigenvalue weighted by atomic mass is 10.2. The van der Waals surface area contributed by atoms with Gasteiger partial charge < -0.3 is 0 Å². The summed E-state index contributed by atoms with van der Waals surface area (Å²) in [4.78, 5) is 20.3. The van der Waals surface area contributed by atoms with E-state index in [-0.39, 0.29) is 21.9 Å². The van der Waals surface area contributed by atoms with Crippen molar-refractivity contribution in [3.8, 4) is 0 Å². The molecule has 0 unspecified atom stereocenters. The molecule has 0 aliphatic carbocycles. The van der Waals surface area contributed by atoms with Crippen LogP contribution in [-0.2, 0) is 9.84 Å². The highest BCUT2D eigenvalue weighted by molar-refractivity contribution is 7.91. The lowest BCUT2D eigenvalue weighted by Crippen LogP contribution is -2.07. The molecule has 0 spiro atoms. The molecule has 86 valence electrons. The van der Waals surface area contributed by atoms with Crippen LogP contribution >= 0.6 is 0 Å². The average Bonchev–Trinajstić information content (AvgIpc) is 2.28. The molecule has 16 heavy (non-hydrogen) atoms. The van der Waals surface area contributed by atoms with Gasteiger partial charge in [0.15, 0.2) is 16.1 Å². The first-order chi connectivity index (χ1) is 7.42. The van der Waals surface area contributed by atoms with Crippen LogP contribution in [0.15, 0.2) is 23.1 Å². The Morgan fingerprint density at radius 3 is 2.50 bits per heavy atom. The van der Waals surface area contributed by atoms with Crippen LogP contribution < -0.4 is 0 Å². The zero-order chi connectivity index (χ0) is 12.3. The van der Waals surface area contributed by atoms with Gasteiger partial charge in [0.1, 0.15) is 0 Å². The fraction of sp³-hybridized carbons (Fsp3) is 0.222. The van der Waals surface area contributed by atoms with Crippen LogP contribution in [-0.4, -0.2) is 25.4 Å². The Morgan fingerprint density at radius 2 is 2.06 bits per heavy atom. The molecule has 0 saturated carbocycles. The van der Waals surface area contributed by atoms with Crippen molar-refractivity contribution in [2.45, 2.75) is 11.8 Å². The first-order valence-electron chi connectivity index (χ1n) is 4.38. The van der Waals surface area contributed by atoms with Crippen LogP contribution in [0.5, 0.6) is 0 Å². The van der Waals surface area contributed by atoms with Gasteiger partial charge in [-0.1, -0.05) is 6.92 Å². The number of aldehydes is 1. The second-order valence-electron chi connectivity index (χ2n) is 3.00. The maximum atomic E-state index is 11.5. The van der Waals surface area contributed by atoms with E-state index in [9.17, 15) is 23.3 Å². The summed E-state index contributed by atoms with van der Waals surface area (Å²) in [7, 11) is -3.54. The van der Waals surface area contributed by atoms with E-state index in [2.05, 4.69) is 0 Å². The van der Waals surface area contributed by atoms with Crippen LogP contribution in [0.3, 0.4) is 0 Å². The molecule has 0 bridgehead atoms. The van der Waals surface area contributed by atoms with Crippen LogP contribution in [0.4, 0.5) is 5.69 Å². The molecule has 1 aromatic carbocycles. The average molecular weight is 243 g/mol. The summed E-state index contributed by atoms with van der Waals surface area (Å²) in [5.74, 6) is -0.161. The van der Waals surface area contributed by atoms with Gasteiger partial charge in [0, 0.05) is 17.7 Å². The molecule has 0 radical (unpaired) electrons. The zero-order valence-corrected chi connectivity index (χ0v) is 9.23. The molecule has 0 fully saturated rings. The number of nitrogens with zero attached hydrogens (tertiary/aromatic N) is 1. The predicted molar refractivity (Wildman–Crippen MR) is 56.2 cm³/mol. The van der Waals surface area contributed by atoms with Gasteiger partial charge in [0.2, 0.25) is 0 Å². The highest BCUT2D eigenvalue weighted by atomic mass is 32.2. The van der Waals surface area contributed by atoms with Crippen molar-refractivity contribution in [2.75, 3.05) is 5.75 Å². The minimum atomic E-state index is -3.54. The third kappa shape index (κ3) is 2.25. The van der Waals surface area contributed by atoms with Gasteiger partial charge in [0.05, 0.1) is 15.6 Å². The first-order valence-corrected chi connectivity index (χ1v) is 6.04. The quantitative estimate of drug-likeness (QED) is 0.450. The van der Waals surface area contributed by atoms with E-state index in [0.29, 0.717) is 6.29 Å². The van der Waals surface area contributed by atoms with Crippen molar-refractivity contribution >= 4 is 21.8 Å². The minimum Gasteiger partial charge on any atom is -0.298 e. The summed E-state index contributed by atoms with van der Waals surface area (Å²) in [6.45, 7) is 1.44. The number of nitro groups is 1. The molecule has 0 aliphatic rings.